The molecule has 0 spiro atoms. The van der Waals surface area contributed by atoms with Crippen molar-refractivity contribution in [3.05, 3.63) is 59.4 Å². The summed E-state index contributed by atoms with van der Waals surface area (Å²) in [4.78, 5) is 11.2. The Morgan fingerprint density at radius 2 is 1.92 bits per heavy atom. The van der Waals surface area contributed by atoms with Crippen LogP contribution in [0.25, 0.3) is 0 Å². The number of hydrogen-bond acceptors (Lipinski definition) is 4. The second-order valence-electron chi connectivity index (χ2n) is 5.69. The largest absolute Gasteiger partial charge is 0.497 e. The van der Waals surface area contributed by atoms with E-state index in [4.69, 9.17) is 9.84 Å². The summed E-state index contributed by atoms with van der Waals surface area (Å²) >= 11 is 0. The maximum atomic E-state index is 13.6. The lowest BCUT2D eigenvalue weighted by Crippen LogP contribution is -2.29. The molecule has 2 aromatic carbocycles. The Morgan fingerprint density at radius 3 is 2.52 bits per heavy atom. The van der Waals surface area contributed by atoms with Gasteiger partial charge in [-0.05, 0) is 41.5 Å². The van der Waals surface area contributed by atoms with E-state index < -0.39 is 34.3 Å². The molecule has 132 valence electrons. The van der Waals surface area contributed by atoms with Crippen LogP contribution in [-0.2, 0) is 21.4 Å². The molecule has 8 heteroatoms. The van der Waals surface area contributed by atoms with Crippen molar-refractivity contribution in [2.75, 3.05) is 7.11 Å². The van der Waals surface area contributed by atoms with Gasteiger partial charge < -0.3 is 9.84 Å². The number of fused-ring (bicyclic) bond motifs is 1. The summed E-state index contributed by atoms with van der Waals surface area (Å²) in [6.45, 7) is -0.0133. The van der Waals surface area contributed by atoms with Gasteiger partial charge in [0.25, 0.3) is 0 Å². The zero-order chi connectivity index (χ0) is 18.2. The topological polar surface area (TPSA) is 83.9 Å². The molecule has 0 saturated heterocycles. The zero-order valence-electron chi connectivity index (χ0n) is 13.3. The molecule has 0 amide bonds. The van der Waals surface area contributed by atoms with Gasteiger partial charge in [0.1, 0.15) is 11.6 Å². The molecule has 25 heavy (non-hydrogen) atoms. The van der Waals surface area contributed by atoms with Crippen LogP contribution in [0.15, 0.2) is 47.4 Å². The summed E-state index contributed by atoms with van der Waals surface area (Å²) in [6.07, 6.45) is -0.439. The Labute approximate surface area is 144 Å². The van der Waals surface area contributed by atoms with E-state index in [9.17, 15) is 17.6 Å². The number of carboxylic acid groups (broad SMARTS) is 1. The monoisotopic (exact) mass is 365 g/mol. The highest BCUT2D eigenvalue weighted by Crippen LogP contribution is 2.42. The number of rotatable bonds is 5. The van der Waals surface area contributed by atoms with Gasteiger partial charge in [-0.1, -0.05) is 12.1 Å². The van der Waals surface area contributed by atoms with Gasteiger partial charge in [0.15, 0.2) is 0 Å². The normalized spacial score (nSPS) is 18.7. The van der Waals surface area contributed by atoms with Gasteiger partial charge in [0, 0.05) is 6.54 Å². The molecule has 1 aliphatic heterocycles. The quantitative estimate of drug-likeness (QED) is 0.880. The molecule has 1 heterocycles. The molecule has 0 aromatic heterocycles. The first-order valence-electron chi connectivity index (χ1n) is 7.49. The molecule has 6 nitrogen and oxygen atoms in total. The number of methoxy groups -OCH3 is 1. The smallest absolute Gasteiger partial charge is 0.305 e. The minimum atomic E-state index is -3.90. The molecule has 3 rings (SSSR count). The SMILES string of the molecule is COc1ccc(CN2C(CC(=O)O)c3cc(F)ccc3S2(=O)=O)cc1. The molecule has 1 aliphatic rings. The Kier molecular flexibility index (Phi) is 4.49. The van der Waals surface area contributed by atoms with Crippen molar-refractivity contribution >= 4 is 16.0 Å². The van der Waals surface area contributed by atoms with Gasteiger partial charge in [0.05, 0.1) is 24.5 Å². The van der Waals surface area contributed by atoms with Crippen molar-refractivity contribution in [1.82, 2.24) is 4.31 Å². The molecule has 1 atom stereocenters. The van der Waals surface area contributed by atoms with E-state index in [-0.39, 0.29) is 17.0 Å². The second kappa shape index (κ2) is 6.45. The number of halogens is 1. The highest BCUT2D eigenvalue weighted by atomic mass is 32.2. The summed E-state index contributed by atoms with van der Waals surface area (Å²) < 4.78 is 45.4. The molecular weight excluding hydrogens is 349 g/mol. The van der Waals surface area contributed by atoms with Gasteiger partial charge in [-0.25, -0.2) is 12.8 Å². The molecule has 2 aromatic rings. The average molecular weight is 365 g/mol. The van der Waals surface area contributed by atoms with Gasteiger partial charge in [-0.2, -0.15) is 4.31 Å². The van der Waals surface area contributed by atoms with Crippen LogP contribution in [0.4, 0.5) is 4.39 Å². The fourth-order valence-electron chi connectivity index (χ4n) is 2.95. The highest BCUT2D eigenvalue weighted by molar-refractivity contribution is 7.89. The molecular formula is C17H16FNO5S. The Bertz CT molecular complexity index is 911. The lowest BCUT2D eigenvalue weighted by atomic mass is 10.0. The third-order valence-electron chi connectivity index (χ3n) is 4.13. The van der Waals surface area contributed by atoms with E-state index in [0.29, 0.717) is 11.3 Å². The summed E-state index contributed by atoms with van der Waals surface area (Å²) in [5, 5.41) is 9.16. The fourth-order valence-corrected chi connectivity index (χ4v) is 4.77. The Hall–Kier alpha value is -2.45. The van der Waals surface area contributed by atoms with Crippen molar-refractivity contribution in [1.29, 1.82) is 0 Å². The first kappa shape index (κ1) is 17.4. The van der Waals surface area contributed by atoms with Gasteiger partial charge in [-0.3, -0.25) is 4.79 Å². The number of carbonyl (C=O) groups is 1. The van der Waals surface area contributed by atoms with E-state index >= 15 is 0 Å². The van der Waals surface area contributed by atoms with Crippen LogP contribution < -0.4 is 4.74 Å². The van der Waals surface area contributed by atoms with E-state index in [2.05, 4.69) is 0 Å². The van der Waals surface area contributed by atoms with Crippen LogP contribution in [0.5, 0.6) is 5.75 Å². The van der Waals surface area contributed by atoms with E-state index in [1.165, 1.54) is 13.2 Å². The van der Waals surface area contributed by atoms with E-state index in [1.807, 2.05) is 0 Å². The number of carboxylic acids is 1. The van der Waals surface area contributed by atoms with Crippen molar-refractivity contribution in [3.8, 4) is 5.75 Å². The maximum Gasteiger partial charge on any atom is 0.305 e. The predicted molar refractivity (Wildman–Crippen MR) is 87.1 cm³/mol. The van der Waals surface area contributed by atoms with Crippen LogP contribution in [0, 0.1) is 5.82 Å². The van der Waals surface area contributed by atoms with Crippen LogP contribution in [0.3, 0.4) is 0 Å². The molecule has 0 radical (unpaired) electrons. The summed E-state index contributed by atoms with van der Waals surface area (Å²) in [5.41, 5.74) is 0.851. The van der Waals surface area contributed by atoms with Crippen molar-refractivity contribution in [3.63, 3.8) is 0 Å². The third kappa shape index (κ3) is 3.22. The number of sulfonamides is 1. The minimum Gasteiger partial charge on any atom is -0.497 e. The summed E-state index contributed by atoms with van der Waals surface area (Å²) in [7, 11) is -2.38. The number of benzene rings is 2. The second-order valence-corrected chi connectivity index (χ2v) is 7.55. The molecule has 0 saturated carbocycles. The molecule has 1 N–H and O–H groups in total. The minimum absolute atomic E-state index is 0.0133. The maximum absolute atomic E-state index is 13.6. The first-order chi connectivity index (χ1) is 11.8. The van der Waals surface area contributed by atoms with Crippen LogP contribution in [0.1, 0.15) is 23.6 Å². The number of ether oxygens (including phenoxy) is 1. The third-order valence-corrected chi connectivity index (χ3v) is 6.06. The van der Waals surface area contributed by atoms with Gasteiger partial charge >= 0.3 is 5.97 Å². The number of nitrogens with zero attached hydrogens (tertiary/aromatic N) is 1. The Balaban J connectivity index is 2.02. The standard InChI is InChI=1S/C17H16FNO5S/c1-24-13-5-2-11(3-6-13)10-19-15(9-17(20)21)14-8-12(18)4-7-16(14)25(19,22)23/h2-8,15H,9-10H2,1H3,(H,20,21). The van der Waals surface area contributed by atoms with Gasteiger partial charge in [0.2, 0.25) is 10.0 Å². The van der Waals surface area contributed by atoms with Crippen molar-refractivity contribution in [2.24, 2.45) is 0 Å². The number of hydrogen-bond donors (Lipinski definition) is 1. The van der Waals surface area contributed by atoms with Crippen LogP contribution >= 0.6 is 0 Å². The lowest BCUT2D eigenvalue weighted by Gasteiger charge is -2.22. The molecule has 0 fully saturated rings. The van der Waals surface area contributed by atoms with E-state index in [0.717, 1.165) is 16.4 Å². The van der Waals surface area contributed by atoms with Crippen LogP contribution in [0.2, 0.25) is 0 Å². The summed E-state index contributed by atoms with van der Waals surface area (Å²) in [6, 6.07) is 9.18. The number of aliphatic carboxylic acids is 1. The zero-order valence-corrected chi connectivity index (χ0v) is 14.2. The van der Waals surface area contributed by atoms with Gasteiger partial charge in [-0.15, -0.1) is 0 Å². The predicted octanol–water partition coefficient (Wildman–Crippen LogP) is 2.55. The fraction of sp³-hybridized carbons (Fsp3) is 0.235. The van der Waals surface area contributed by atoms with Crippen molar-refractivity contribution in [2.45, 2.75) is 23.9 Å². The van der Waals surface area contributed by atoms with Crippen LogP contribution in [-0.4, -0.2) is 30.9 Å². The lowest BCUT2D eigenvalue weighted by molar-refractivity contribution is -0.138. The highest BCUT2D eigenvalue weighted by Gasteiger charge is 2.43. The van der Waals surface area contributed by atoms with Crippen molar-refractivity contribution < 1.29 is 27.4 Å². The molecule has 0 bridgehead atoms. The summed E-state index contributed by atoms with van der Waals surface area (Å²) in [5.74, 6) is -1.13. The Morgan fingerprint density at radius 1 is 1.24 bits per heavy atom. The molecule has 0 aliphatic carbocycles. The average Bonchev–Trinajstić information content (AvgIpc) is 2.76. The first-order valence-corrected chi connectivity index (χ1v) is 8.93. The van der Waals surface area contributed by atoms with E-state index in [1.54, 1.807) is 24.3 Å². The molecule has 1 unspecified atom stereocenters.